The molecule has 1 unspecified atom stereocenters. The molecule has 1 amide bonds. The lowest BCUT2D eigenvalue weighted by Gasteiger charge is -2.12. The van der Waals surface area contributed by atoms with Gasteiger partial charge in [-0.3, -0.25) is 4.79 Å². The van der Waals surface area contributed by atoms with Gasteiger partial charge in [0.1, 0.15) is 0 Å². The number of amides is 1. The summed E-state index contributed by atoms with van der Waals surface area (Å²) in [6.45, 7) is 0.185. The molecule has 2 N–H and O–H groups in total. The summed E-state index contributed by atoms with van der Waals surface area (Å²) in [5, 5.41) is 12.7. The zero-order valence-corrected chi connectivity index (χ0v) is 11.8. The first-order valence-electron chi connectivity index (χ1n) is 5.94. The van der Waals surface area contributed by atoms with Crippen LogP contribution in [0.15, 0.2) is 59.1 Å². The molecule has 0 saturated heterocycles. The lowest BCUT2D eigenvalue weighted by Crippen LogP contribution is -2.28. The number of benzene rings is 2. The highest BCUT2D eigenvalue weighted by Gasteiger charge is 2.12. The number of hydrogen-bond donors (Lipinski definition) is 2. The van der Waals surface area contributed by atoms with Crippen molar-refractivity contribution < 1.29 is 9.90 Å². The van der Waals surface area contributed by atoms with Crippen molar-refractivity contribution in [3.63, 3.8) is 0 Å². The Balaban J connectivity index is 1.96. The smallest absolute Gasteiger partial charge is 0.252 e. The van der Waals surface area contributed by atoms with Crippen LogP contribution in [-0.4, -0.2) is 17.6 Å². The Labute approximate surface area is 120 Å². The van der Waals surface area contributed by atoms with E-state index in [0.717, 1.165) is 10.0 Å². The molecule has 0 aromatic heterocycles. The molecular formula is C15H14BrNO2. The topological polar surface area (TPSA) is 49.3 Å². The van der Waals surface area contributed by atoms with Crippen molar-refractivity contribution in [2.75, 3.05) is 6.54 Å². The molecular weight excluding hydrogens is 306 g/mol. The van der Waals surface area contributed by atoms with E-state index in [-0.39, 0.29) is 12.5 Å². The summed E-state index contributed by atoms with van der Waals surface area (Å²) >= 11 is 3.33. The highest BCUT2D eigenvalue weighted by atomic mass is 79.9. The number of aliphatic hydroxyl groups is 1. The van der Waals surface area contributed by atoms with Crippen LogP contribution in [0.1, 0.15) is 22.0 Å². The Morgan fingerprint density at radius 3 is 2.42 bits per heavy atom. The summed E-state index contributed by atoms with van der Waals surface area (Å²) in [5.74, 6) is -0.206. The van der Waals surface area contributed by atoms with Gasteiger partial charge in [0.05, 0.1) is 11.7 Å². The van der Waals surface area contributed by atoms with Crippen LogP contribution in [0.5, 0.6) is 0 Å². The van der Waals surface area contributed by atoms with Crippen LogP contribution in [0.3, 0.4) is 0 Å². The molecule has 0 aliphatic carbocycles. The van der Waals surface area contributed by atoms with Crippen molar-refractivity contribution in [1.29, 1.82) is 0 Å². The van der Waals surface area contributed by atoms with Crippen LogP contribution < -0.4 is 5.32 Å². The van der Waals surface area contributed by atoms with Gasteiger partial charge in [-0.1, -0.05) is 42.5 Å². The predicted octanol–water partition coefficient (Wildman–Crippen LogP) is 2.91. The molecule has 0 radical (unpaired) electrons. The van der Waals surface area contributed by atoms with Gasteiger partial charge in [0.25, 0.3) is 5.91 Å². The van der Waals surface area contributed by atoms with Gasteiger partial charge in [-0.15, -0.1) is 0 Å². The van der Waals surface area contributed by atoms with Gasteiger partial charge in [-0.05, 0) is 33.6 Å². The number of hydrogen-bond acceptors (Lipinski definition) is 2. The van der Waals surface area contributed by atoms with Crippen LogP contribution in [0.4, 0.5) is 0 Å². The average Bonchev–Trinajstić information content (AvgIpc) is 2.46. The summed E-state index contributed by atoms with van der Waals surface area (Å²) in [6.07, 6.45) is -0.701. The van der Waals surface area contributed by atoms with Crippen LogP contribution in [0, 0.1) is 0 Å². The Morgan fingerprint density at radius 1 is 1.11 bits per heavy atom. The summed E-state index contributed by atoms with van der Waals surface area (Å²) in [4.78, 5) is 11.9. The Morgan fingerprint density at radius 2 is 1.74 bits per heavy atom. The highest BCUT2D eigenvalue weighted by molar-refractivity contribution is 9.10. The maximum absolute atomic E-state index is 11.9. The van der Waals surface area contributed by atoms with E-state index < -0.39 is 6.10 Å². The summed E-state index contributed by atoms with van der Waals surface area (Å²) in [5.41, 5.74) is 1.35. The molecule has 0 heterocycles. The molecule has 0 saturated carbocycles. The number of aliphatic hydroxyl groups excluding tert-OH is 1. The molecule has 19 heavy (non-hydrogen) atoms. The normalized spacial score (nSPS) is 11.9. The second kappa shape index (κ2) is 6.50. The largest absolute Gasteiger partial charge is 0.387 e. The molecule has 0 aliphatic rings. The molecule has 1 atom stereocenters. The van der Waals surface area contributed by atoms with Crippen molar-refractivity contribution in [2.45, 2.75) is 6.10 Å². The number of rotatable bonds is 4. The molecule has 3 nitrogen and oxygen atoms in total. The van der Waals surface area contributed by atoms with E-state index in [1.165, 1.54) is 0 Å². The van der Waals surface area contributed by atoms with E-state index in [2.05, 4.69) is 21.2 Å². The first-order chi connectivity index (χ1) is 9.18. The average molecular weight is 320 g/mol. The molecule has 2 rings (SSSR count). The van der Waals surface area contributed by atoms with Gasteiger partial charge in [-0.2, -0.15) is 0 Å². The Kier molecular flexibility index (Phi) is 4.71. The molecule has 98 valence electrons. The number of carbonyl (C=O) groups excluding carboxylic acids is 1. The highest BCUT2D eigenvalue weighted by Crippen LogP contribution is 2.16. The SMILES string of the molecule is O=C(NCC(O)c1ccccc1)c1ccccc1Br. The van der Waals surface area contributed by atoms with Gasteiger partial charge in [-0.25, -0.2) is 0 Å². The minimum Gasteiger partial charge on any atom is -0.387 e. The maximum atomic E-state index is 11.9. The molecule has 0 fully saturated rings. The fourth-order valence-electron chi connectivity index (χ4n) is 1.72. The van der Waals surface area contributed by atoms with Gasteiger partial charge >= 0.3 is 0 Å². The Bertz CT molecular complexity index is 557. The van der Waals surface area contributed by atoms with Crippen LogP contribution >= 0.6 is 15.9 Å². The number of nitrogens with one attached hydrogen (secondary N) is 1. The molecule has 2 aromatic carbocycles. The van der Waals surface area contributed by atoms with Crippen LogP contribution in [-0.2, 0) is 0 Å². The minimum atomic E-state index is -0.701. The van der Waals surface area contributed by atoms with Crippen molar-refractivity contribution >= 4 is 21.8 Å². The van der Waals surface area contributed by atoms with Gasteiger partial charge < -0.3 is 10.4 Å². The van der Waals surface area contributed by atoms with E-state index in [0.29, 0.717) is 5.56 Å². The summed E-state index contributed by atoms with van der Waals surface area (Å²) in [7, 11) is 0. The third kappa shape index (κ3) is 3.66. The zero-order chi connectivity index (χ0) is 13.7. The maximum Gasteiger partial charge on any atom is 0.252 e. The fraction of sp³-hybridized carbons (Fsp3) is 0.133. The van der Waals surface area contributed by atoms with Crippen molar-refractivity contribution in [3.8, 4) is 0 Å². The first-order valence-corrected chi connectivity index (χ1v) is 6.73. The molecule has 0 bridgehead atoms. The second-order valence-corrected chi connectivity index (χ2v) is 4.97. The summed E-state index contributed by atoms with van der Waals surface area (Å²) in [6, 6.07) is 16.4. The van der Waals surface area contributed by atoms with Crippen LogP contribution in [0.25, 0.3) is 0 Å². The lowest BCUT2D eigenvalue weighted by atomic mass is 10.1. The van der Waals surface area contributed by atoms with Crippen LogP contribution in [0.2, 0.25) is 0 Å². The molecule has 4 heteroatoms. The first kappa shape index (κ1) is 13.8. The quantitative estimate of drug-likeness (QED) is 0.910. The lowest BCUT2D eigenvalue weighted by molar-refractivity contribution is 0.0915. The standard InChI is InChI=1S/C15H14BrNO2/c16-13-9-5-4-8-12(13)15(19)17-10-14(18)11-6-2-1-3-7-11/h1-9,14,18H,10H2,(H,17,19). The zero-order valence-electron chi connectivity index (χ0n) is 10.2. The van der Waals surface area contributed by atoms with Gasteiger partial charge in [0.2, 0.25) is 0 Å². The minimum absolute atomic E-state index is 0.185. The van der Waals surface area contributed by atoms with E-state index in [1.54, 1.807) is 12.1 Å². The summed E-state index contributed by atoms with van der Waals surface area (Å²) < 4.78 is 0.738. The van der Waals surface area contributed by atoms with Gasteiger partial charge in [0.15, 0.2) is 0 Å². The van der Waals surface area contributed by atoms with Crippen molar-refractivity contribution in [1.82, 2.24) is 5.32 Å². The fourth-order valence-corrected chi connectivity index (χ4v) is 2.19. The monoisotopic (exact) mass is 319 g/mol. The van der Waals surface area contributed by atoms with E-state index >= 15 is 0 Å². The second-order valence-electron chi connectivity index (χ2n) is 4.12. The van der Waals surface area contributed by atoms with Gasteiger partial charge in [0, 0.05) is 11.0 Å². The molecule has 0 spiro atoms. The van der Waals surface area contributed by atoms with E-state index in [4.69, 9.17) is 0 Å². The molecule has 0 aliphatic heterocycles. The third-order valence-electron chi connectivity index (χ3n) is 2.76. The Hall–Kier alpha value is -1.65. The van der Waals surface area contributed by atoms with Crippen molar-refractivity contribution in [2.24, 2.45) is 0 Å². The number of halogens is 1. The van der Waals surface area contributed by atoms with Crippen molar-refractivity contribution in [3.05, 3.63) is 70.2 Å². The van der Waals surface area contributed by atoms with E-state index in [9.17, 15) is 9.90 Å². The predicted molar refractivity (Wildman–Crippen MR) is 77.9 cm³/mol. The number of carbonyl (C=O) groups is 1. The van der Waals surface area contributed by atoms with E-state index in [1.807, 2.05) is 42.5 Å². The third-order valence-corrected chi connectivity index (χ3v) is 3.45. The molecule has 2 aromatic rings.